The first-order chi connectivity index (χ1) is 6.25. The second kappa shape index (κ2) is 4.98. The van der Waals surface area contributed by atoms with Crippen LogP contribution in [0.2, 0.25) is 0 Å². The van der Waals surface area contributed by atoms with Gasteiger partial charge in [0.1, 0.15) is 0 Å². The number of anilines is 1. The van der Waals surface area contributed by atoms with E-state index in [9.17, 15) is 0 Å². The SMILES string of the molecule is CNCCCN(C)c1n[nH][nH]c1=S. The van der Waals surface area contributed by atoms with Gasteiger partial charge in [0.2, 0.25) is 0 Å². The van der Waals surface area contributed by atoms with Crippen molar-refractivity contribution in [3.05, 3.63) is 4.64 Å². The first-order valence-corrected chi connectivity index (χ1v) is 4.65. The third-order valence-corrected chi connectivity index (χ3v) is 2.10. The van der Waals surface area contributed by atoms with Crippen molar-refractivity contribution in [1.82, 2.24) is 20.7 Å². The summed E-state index contributed by atoms with van der Waals surface area (Å²) in [5.41, 5.74) is 0. The van der Waals surface area contributed by atoms with E-state index in [1.54, 1.807) is 0 Å². The first kappa shape index (κ1) is 10.2. The highest BCUT2D eigenvalue weighted by atomic mass is 32.1. The normalized spacial score (nSPS) is 10.3. The Morgan fingerprint density at radius 2 is 2.38 bits per heavy atom. The van der Waals surface area contributed by atoms with Gasteiger partial charge in [-0.15, -0.1) is 5.10 Å². The smallest absolute Gasteiger partial charge is 0.186 e. The maximum atomic E-state index is 5.03. The van der Waals surface area contributed by atoms with Gasteiger partial charge in [-0.05, 0) is 20.0 Å². The minimum absolute atomic E-state index is 0.659. The average Bonchev–Trinajstić information content (AvgIpc) is 2.52. The predicted molar refractivity (Wildman–Crippen MR) is 55.6 cm³/mol. The summed E-state index contributed by atoms with van der Waals surface area (Å²) >= 11 is 5.03. The summed E-state index contributed by atoms with van der Waals surface area (Å²) in [6, 6.07) is 0. The molecule has 0 fully saturated rings. The Kier molecular flexibility index (Phi) is 3.91. The maximum Gasteiger partial charge on any atom is 0.186 e. The lowest BCUT2D eigenvalue weighted by molar-refractivity contribution is 0.708. The quantitative estimate of drug-likeness (QED) is 0.480. The summed E-state index contributed by atoms with van der Waals surface area (Å²) in [4.78, 5) is 2.03. The zero-order valence-corrected chi connectivity index (χ0v) is 8.74. The van der Waals surface area contributed by atoms with E-state index in [-0.39, 0.29) is 0 Å². The number of hydrogen-bond donors (Lipinski definition) is 3. The second-order valence-electron chi connectivity index (χ2n) is 2.88. The van der Waals surface area contributed by atoms with Gasteiger partial charge < -0.3 is 10.2 Å². The van der Waals surface area contributed by atoms with Crippen molar-refractivity contribution in [3.63, 3.8) is 0 Å². The van der Waals surface area contributed by atoms with Crippen molar-refractivity contribution in [2.24, 2.45) is 0 Å². The molecule has 0 aliphatic rings. The van der Waals surface area contributed by atoms with Crippen molar-refractivity contribution in [1.29, 1.82) is 0 Å². The molecular weight excluding hydrogens is 186 g/mol. The van der Waals surface area contributed by atoms with Crippen LogP contribution in [0, 0.1) is 4.64 Å². The summed E-state index contributed by atoms with van der Waals surface area (Å²) < 4.78 is 0.659. The Hall–Kier alpha value is -0.880. The molecule has 5 nitrogen and oxygen atoms in total. The molecule has 0 bridgehead atoms. The summed E-state index contributed by atoms with van der Waals surface area (Å²) in [6.45, 7) is 1.95. The van der Waals surface area contributed by atoms with Gasteiger partial charge in [0.15, 0.2) is 10.5 Å². The number of H-pyrrole nitrogens is 2. The van der Waals surface area contributed by atoms with Crippen LogP contribution in [0.3, 0.4) is 0 Å². The molecule has 1 rings (SSSR count). The molecule has 1 aromatic rings. The molecule has 1 aromatic heterocycles. The molecule has 6 heteroatoms. The van der Waals surface area contributed by atoms with E-state index in [4.69, 9.17) is 12.2 Å². The number of nitrogens with zero attached hydrogens (tertiary/aromatic N) is 2. The molecule has 0 amide bonds. The first-order valence-electron chi connectivity index (χ1n) is 4.24. The van der Waals surface area contributed by atoms with Crippen molar-refractivity contribution in [2.45, 2.75) is 6.42 Å². The van der Waals surface area contributed by atoms with Crippen LogP contribution in [0.25, 0.3) is 0 Å². The molecular formula is C7H15N5S. The second-order valence-corrected chi connectivity index (χ2v) is 3.29. The zero-order chi connectivity index (χ0) is 9.68. The topological polar surface area (TPSA) is 59.7 Å². The van der Waals surface area contributed by atoms with Crippen molar-refractivity contribution in [2.75, 3.05) is 32.1 Å². The predicted octanol–water partition coefficient (Wildman–Crippen LogP) is 0.513. The fourth-order valence-electron chi connectivity index (χ4n) is 1.10. The third kappa shape index (κ3) is 2.82. The molecule has 0 saturated carbocycles. The van der Waals surface area contributed by atoms with Gasteiger partial charge in [0.25, 0.3) is 0 Å². The minimum atomic E-state index is 0.659. The molecule has 13 heavy (non-hydrogen) atoms. The summed E-state index contributed by atoms with van der Waals surface area (Å²) in [5.74, 6) is 0.811. The van der Waals surface area contributed by atoms with Gasteiger partial charge in [0, 0.05) is 13.6 Å². The molecule has 0 atom stereocenters. The van der Waals surface area contributed by atoms with E-state index >= 15 is 0 Å². The van der Waals surface area contributed by atoms with Gasteiger partial charge >= 0.3 is 0 Å². The zero-order valence-electron chi connectivity index (χ0n) is 7.92. The highest BCUT2D eigenvalue weighted by Crippen LogP contribution is 2.07. The van der Waals surface area contributed by atoms with Crippen LogP contribution < -0.4 is 10.2 Å². The van der Waals surface area contributed by atoms with Crippen molar-refractivity contribution >= 4 is 18.0 Å². The van der Waals surface area contributed by atoms with Crippen LogP contribution >= 0.6 is 12.2 Å². The van der Waals surface area contributed by atoms with E-state index < -0.39 is 0 Å². The van der Waals surface area contributed by atoms with Crippen LogP contribution in [-0.4, -0.2) is 42.6 Å². The molecule has 74 valence electrons. The number of rotatable bonds is 5. The van der Waals surface area contributed by atoms with Crippen LogP contribution in [0.4, 0.5) is 5.82 Å². The third-order valence-electron chi connectivity index (χ3n) is 1.82. The van der Waals surface area contributed by atoms with Crippen molar-refractivity contribution in [3.8, 4) is 0 Å². The van der Waals surface area contributed by atoms with Gasteiger partial charge in [-0.1, -0.05) is 12.2 Å². The number of aromatic amines is 2. The highest BCUT2D eigenvalue weighted by molar-refractivity contribution is 7.71. The molecule has 0 spiro atoms. The lowest BCUT2D eigenvalue weighted by atomic mass is 10.4. The van der Waals surface area contributed by atoms with E-state index in [1.807, 2.05) is 19.0 Å². The minimum Gasteiger partial charge on any atom is -0.356 e. The van der Waals surface area contributed by atoms with Gasteiger partial charge in [-0.2, -0.15) is 0 Å². The molecule has 0 saturated heterocycles. The van der Waals surface area contributed by atoms with Crippen molar-refractivity contribution < 1.29 is 0 Å². The van der Waals surface area contributed by atoms with Crippen LogP contribution in [0.5, 0.6) is 0 Å². The lowest BCUT2D eigenvalue weighted by Gasteiger charge is -2.14. The fraction of sp³-hybridized carbons (Fsp3) is 0.714. The van der Waals surface area contributed by atoms with E-state index in [1.165, 1.54) is 0 Å². The molecule has 0 radical (unpaired) electrons. The molecule has 3 N–H and O–H groups in total. The summed E-state index contributed by atoms with van der Waals surface area (Å²) in [6.07, 6.45) is 1.08. The van der Waals surface area contributed by atoms with E-state index in [0.717, 1.165) is 25.3 Å². The standard InChI is InChI=1S/C7H15N5S/c1-8-4-3-5-12(2)6-7(13)10-11-9-6/h8H,3-5H2,1-2H3,(H2,9,10,11,13). The molecule has 0 aliphatic carbocycles. The van der Waals surface area contributed by atoms with Gasteiger partial charge in [0.05, 0.1) is 0 Å². The fourth-order valence-corrected chi connectivity index (χ4v) is 1.34. The Morgan fingerprint density at radius 1 is 1.62 bits per heavy atom. The lowest BCUT2D eigenvalue weighted by Crippen LogP contribution is -2.22. The molecule has 0 aromatic carbocycles. The monoisotopic (exact) mass is 201 g/mol. The van der Waals surface area contributed by atoms with Gasteiger partial charge in [-0.25, -0.2) is 5.21 Å². The Balaban J connectivity index is 2.44. The Morgan fingerprint density at radius 3 is 2.92 bits per heavy atom. The van der Waals surface area contributed by atoms with E-state index in [2.05, 4.69) is 20.7 Å². The van der Waals surface area contributed by atoms with Gasteiger partial charge in [-0.3, -0.25) is 5.10 Å². The Bertz CT molecular complexity index is 291. The van der Waals surface area contributed by atoms with Crippen LogP contribution in [-0.2, 0) is 0 Å². The van der Waals surface area contributed by atoms with Crippen LogP contribution in [0.1, 0.15) is 6.42 Å². The largest absolute Gasteiger partial charge is 0.356 e. The molecule has 0 aliphatic heterocycles. The highest BCUT2D eigenvalue weighted by Gasteiger charge is 2.04. The molecule has 0 unspecified atom stereocenters. The summed E-state index contributed by atoms with van der Waals surface area (Å²) in [7, 11) is 3.93. The van der Waals surface area contributed by atoms with Crippen LogP contribution in [0.15, 0.2) is 0 Å². The summed E-state index contributed by atoms with van der Waals surface area (Å²) in [5, 5.41) is 12.5. The Labute approximate surface area is 82.5 Å². The average molecular weight is 201 g/mol. The number of nitrogens with one attached hydrogen (secondary N) is 3. The molecule has 1 heterocycles. The van der Waals surface area contributed by atoms with E-state index in [0.29, 0.717) is 4.64 Å². The number of aromatic nitrogens is 3. The number of hydrogen-bond acceptors (Lipinski definition) is 4. The maximum absolute atomic E-state index is 5.03.